The van der Waals surface area contributed by atoms with Gasteiger partial charge < -0.3 is 9.52 Å². The van der Waals surface area contributed by atoms with Crippen molar-refractivity contribution in [3.8, 4) is 0 Å². The maximum Gasteiger partial charge on any atom is 0.371 e. The van der Waals surface area contributed by atoms with E-state index in [4.69, 9.17) is 9.52 Å². The zero-order chi connectivity index (χ0) is 15.8. The first-order valence-electron chi connectivity index (χ1n) is 6.10. The number of nitrogens with zero attached hydrogens (tertiary/aromatic N) is 1. The molecule has 0 radical (unpaired) electrons. The molecule has 1 N–H and O–H groups in total. The Kier molecular flexibility index (Phi) is 4.22. The quantitative estimate of drug-likeness (QED) is 0.911. The molecule has 0 spiro atoms. The van der Waals surface area contributed by atoms with Crippen LogP contribution in [0.2, 0.25) is 0 Å². The number of aromatic carboxylic acids is 1. The number of rotatable bonds is 5. The van der Waals surface area contributed by atoms with Crippen molar-refractivity contribution in [2.45, 2.75) is 24.8 Å². The molecule has 2 rings (SSSR count). The van der Waals surface area contributed by atoms with E-state index in [2.05, 4.69) is 0 Å². The van der Waals surface area contributed by atoms with Crippen LogP contribution in [0.1, 0.15) is 34.2 Å². The SMILES string of the molecule is Cc1oc(C(=O)O)cc1S(=O)(=O)N(C)C(C)c1cccs1. The Morgan fingerprint density at radius 3 is 2.62 bits per heavy atom. The lowest BCUT2D eigenvalue weighted by atomic mass is 10.3. The average Bonchev–Trinajstić information content (AvgIpc) is 3.05. The zero-order valence-electron chi connectivity index (χ0n) is 11.7. The van der Waals surface area contributed by atoms with Gasteiger partial charge in [0.1, 0.15) is 10.7 Å². The molecule has 0 saturated heterocycles. The Morgan fingerprint density at radius 1 is 1.48 bits per heavy atom. The fourth-order valence-corrected chi connectivity index (χ4v) is 4.29. The van der Waals surface area contributed by atoms with Gasteiger partial charge in [0.05, 0.1) is 6.04 Å². The van der Waals surface area contributed by atoms with Crippen LogP contribution in [0.25, 0.3) is 0 Å². The monoisotopic (exact) mass is 329 g/mol. The molecule has 0 aliphatic heterocycles. The summed E-state index contributed by atoms with van der Waals surface area (Å²) >= 11 is 1.46. The van der Waals surface area contributed by atoms with Gasteiger partial charge in [-0.1, -0.05) is 6.07 Å². The van der Waals surface area contributed by atoms with Gasteiger partial charge >= 0.3 is 5.97 Å². The van der Waals surface area contributed by atoms with Gasteiger partial charge in [-0.3, -0.25) is 0 Å². The molecule has 0 fully saturated rings. The van der Waals surface area contributed by atoms with Crippen molar-refractivity contribution in [2.24, 2.45) is 0 Å². The molecule has 6 nitrogen and oxygen atoms in total. The molecule has 0 amide bonds. The van der Waals surface area contributed by atoms with Gasteiger partial charge in [0.2, 0.25) is 15.8 Å². The van der Waals surface area contributed by atoms with E-state index in [-0.39, 0.29) is 22.5 Å². The largest absolute Gasteiger partial charge is 0.475 e. The van der Waals surface area contributed by atoms with Crippen molar-refractivity contribution in [3.05, 3.63) is 40.0 Å². The predicted octanol–water partition coefficient (Wildman–Crippen LogP) is 2.73. The summed E-state index contributed by atoms with van der Waals surface area (Å²) in [6, 6.07) is 4.40. The third-order valence-electron chi connectivity index (χ3n) is 3.24. The minimum Gasteiger partial charge on any atom is -0.475 e. The van der Waals surface area contributed by atoms with E-state index in [0.717, 1.165) is 10.9 Å². The van der Waals surface area contributed by atoms with Crippen molar-refractivity contribution in [1.29, 1.82) is 0 Å². The molecule has 1 atom stereocenters. The van der Waals surface area contributed by atoms with E-state index >= 15 is 0 Å². The molecule has 0 aliphatic rings. The fourth-order valence-electron chi connectivity index (χ4n) is 1.90. The highest BCUT2D eigenvalue weighted by Gasteiger charge is 2.31. The Bertz CT molecular complexity index is 746. The summed E-state index contributed by atoms with van der Waals surface area (Å²) in [6.07, 6.45) is 0. The van der Waals surface area contributed by atoms with E-state index in [0.29, 0.717) is 0 Å². The van der Waals surface area contributed by atoms with Crippen LogP contribution >= 0.6 is 11.3 Å². The molecule has 21 heavy (non-hydrogen) atoms. The highest BCUT2D eigenvalue weighted by Crippen LogP contribution is 2.30. The van der Waals surface area contributed by atoms with Crippen LogP contribution in [0, 0.1) is 6.92 Å². The minimum absolute atomic E-state index is 0.0672. The molecule has 2 aromatic rings. The standard InChI is InChI=1S/C13H15NO5S2/c1-8(11-5-4-6-20-11)14(3)21(17,18)12-7-10(13(15)16)19-9(12)2/h4-8H,1-3H3,(H,15,16). The number of carbonyl (C=O) groups is 1. The molecule has 8 heteroatoms. The summed E-state index contributed by atoms with van der Waals surface area (Å²) in [4.78, 5) is 11.7. The molecule has 0 saturated carbocycles. The minimum atomic E-state index is -3.82. The number of hydrogen-bond donors (Lipinski definition) is 1. The first-order chi connectivity index (χ1) is 9.75. The zero-order valence-corrected chi connectivity index (χ0v) is 13.4. The van der Waals surface area contributed by atoms with E-state index in [9.17, 15) is 13.2 Å². The van der Waals surface area contributed by atoms with Crippen molar-refractivity contribution in [2.75, 3.05) is 7.05 Å². The van der Waals surface area contributed by atoms with E-state index in [1.807, 2.05) is 17.5 Å². The van der Waals surface area contributed by atoms with Gasteiger partial charge in [0, 0.05) is 18.0 Å². The first-order valence-corrected chi connectivity index (χ1v) is 8.42. The third-order valence-corrected chi connectivity index (χ3v) is 6.32. The van der Waals surface area contributed by atoms with Crippen LogP contribution in [-0.2, 0) is 10.0 Å². The summed E-state index contributed by atoms with van der Waals surface area (Å²) in [5.74, 6) is -1.62. The number of furan rings is 1. The fraction of sp³-hybridized carbons (Fsp3) is 0.308. The number of carboxylic acid groups (broad SMARTS) is 1. The van der Waals surface area contributed by atoms with Gasteiger partial charge in [-0.15, -0.1) is 11.3 Å². The molecule has 0 bridgehead atoms. The normalized spacial score (nSPS) is 13.5. The summed E-state index contributed by atoms with van der Waals surface area (Å²) in [5, 5.41) is 10.8. The molecule has 2 aromatic heterocycles. The topological polar surface area (TPSA) is 87.8 Å². The smallest absolute Gasteiger partial charge is 0.371 e. The molecule has 2 heterocycles. The average molecular weight is 329 g/mol. The lowest BCUT2D eigenvalue weighted by molar-refractivity contribution is 0.0661. The van der Waals surface area contributed by atoms with Crippen LogP contribution in [0.4, 0.5) is 0 Å². The molecular weight excluding hydrogens is 314 g/mol. The third kappa shape index (κ3) is 2.87. The van der Waals surface area contributed by atoms with Crippen molar-refractivity contribution in [3.63, 3.8) is 0 Å². The number of carboxylic acids is 1. The number of hydrogen-bond acceptors (Lipinski definition) is 5. The second kappa shape index (κ2) is 5.63. The molecule has 0 aromatic carbocycles. The maximum atomic E-state index is 12.6. The van der Waals surface area contributed by atoms with Crippen molar-refractivity contribution < 1.29 is 22.7 Å². The first kappa shape index (κ1) is 15.7. The predicted molar refractivity (Wildman–Crippen MR) is 78.1 cm³/mol. The number of sulfonamides is 1. The van der Waals surface area contributed by atoms with Gasteiger partial charge in [-0.25, -0.2) is 13.2 Å². The van der Waals surface area contributed by atoms with Gasteiger partial charge in [-0.2, -0.15) is 4.31 Å². The summed E-state index contributed by atoms with van der Waals surface area (Å²) in [5.41, 5.74) is 0. The lowest BCUT2D eigenvalue weighted by Gasteiger charge is -2.23. The van der Waals surface area contributed by atoms with Crippen LogP contribution in [-0.4, -0.2) is 30.8 Å². The van der Waals surface area contributed by atoms with E-state index in [1.165, 1.54) is 29.6 Å². The molecule has 0 aliphatic carbocycles. The number of aryl methyl sites for hydroxylation is 1. The summed E-state index contributed by atoms with van der Waals surface area (Å²) < 4.78 is 31.4. The lowest BCUT2D eigenvalue weighted by Crippen LogP contribution is -2.29. The van der Waals surface area contributed by atoms with E-state index in [1.54, 1.807) is 6.92 Å². The molecular formula is C13H15NO5S2. The van der Waals surface area contributed by atoms with E-state index < -0.39 is 16.0 Å². The van der Waals surface area contributed by atoms with Crippen molar-refractivity contribution >= 4 is 27.3 Å². The second-order valence-electron chi connectivity index (χ2n) is 4.55. The van der Waals surface area contributed by atoms with Gasteiger partial charge in [0.15, 0.2) is 0 Å². The second-order valence-corrected chi connectivity index (χ2v) is 7.49. The highest BCUT2D eigenvalue weighted by molar-refractivity contribution is 7.89. The number of thiophene rings is 1. The Morgan fingerprint density at radius 2 is 2.14 bits per heavy atom. The van der Waals surface area contributed by atoms with Crippen LogP contribution in [0.3, 0.4) is 0 Å². The molecule has 1 unspecified atom stereocenters. The molecule has 114 valence electrons. The van der Waals surface area contributed by atoms with Crippen LogP contribution in [0.5, 0.6) is 0 Å². The van der Waals surface area contributed by atoms with Crippen molar-refractivity contribution in [1.82, 2.24) is 4.31 Å². The summed E-state index contributed by atoms with van der Waals surface area (Å²) in [6.45, 7) is 3.21. The summed E-state index contributed by atoms with van der Waals surface area (Å²) in [7, 11) is -2.36. The van der Waals surface area contributed by atoms with Crippen LogP contribution < -0.4 is 0 Å². The van der Waals surface area contributed by atoms with Gasteiger partial charge in [0.25, 0.3) is 0 Å². The van der Waals surface area contributed by atoms with Crippen LogP contribution in [0.15, 0.2) is 32.9 Å². The van der Waals surface area contributed by atoms with Gasteiger partial charge in [-0.05, 0) is 25.3 Å². The Hall–Kier alpha value is -1.64. The Labute approximate surface area is 126 Å². The Balaban J connectivity index is 2.40. The highest BCUT2D eigenvalue weighted by atomic mass is 32.2. The maximum absolute atomic E-state index is 12.6.